The van der Waals surface area contributed by atoms with Crippen LogP contribution in [0.3, 0.4) is 0 Å². The Bertz CT molecular complexity index is 315. The van der Waals surface area contributed by atoms with Crippen molar-refractivity contribution in [3.05, 3.63) is 29.8 Å². The van der Waals surface area contributed by atoms with Crippen molar-refractivity contribution in [3.8, 4) is 0 Å². The summed E-state index contributed by atoms with van der Waals surface area (Å²) in [5.74, 6) is -0.467. The maximum absolute atomic E-state index is 11.7. The van der Waals surface area contributed by atoms with Gasteiger partial charge in [-0.3, -0.25) is 4.39 Å². The number of nitrogen functional groups attached to an aromatic ring is 1. The minimum absolute atomic E-state index is 0.101. The van der Waals surface area contributed by atoms with Crippen molar-refractivity contribution in [1.82, 2.24) is 0 Å². The van der Waals surface area contributed by atoms with Crippen LogP contribution in [-0.4, -0.2) is 19.3 Å². The normalized spacial score (nSPS) is 9.79. The maximum atomic E-state index is 11.7. The number of carbonyl (C=O) groups excluding carboxylic acids is 1. The Labute approximate surface area is 81.7 Å². The SMILES string of the molecule is Nc1cccc(C(=O)OCCCF)c1. The summed E-state index contributed by atoms with van der Waals surface area (Å²) in [5.41, 5.74) is 6.38. The van der Waals surface area contributed by atoms with Gasteiger partial charge in [-0.2, -0.15) is 0 Å². The van der Waals surface area contributed by atoms with Gasteiger partial charge in [-0.1, -0.05) is 6.07 Å². The average molecular weight is 197 g/mol. The molecule has 0 atom stereocenters. The Morgan fingerprint density at radius 2 is 2.29 bits per heavy atom. The molecule has 1 rings (SSSR count). The van der Waals surface area contributed by atoms with Crippen LogP contribution in [0.15, 0.2) is 24.3 Å². The third-order valence-corrected chi connectivity index (χ3v) is 1.63. The van der Waals surface area contributed by atoms with Gasteiger partial charge in [0.2, 0.25) is 0 Å². The molecule has 0 aliphatic rings. The number of hydrogen-bond acceptors (Lipinski definition) is 3. The zero-order valence-corrected chi connectivity index (χ0v) is 7.70. The van der Waals surface area contributed by atoms with E-state index < -0.39 is 12.6 Å². The average Bonchev–Trinajstić information content (AvgIpc) is 2.18. The van der Waals surface area contributed by atoms with Gasteiger partial charge in [0.05, 0.1) is 18.8 Å². The Hall–Kier alpha value is -1.58. The van der Waals surface area contributed by atoms with Crippen LogP contribution in [0.5, 0.6) is 0 Å². The van der Waals surface area contributed by atoms with Crippen molar-refractivity contribution < 1.29 is 13.9 Å². The lowest BCUT2D eigenvalue weighted by atomic mass is 10.2. The third-order valence-electron chi connectivity index (χ3n) is 1.63. The molecular formula is C10H12FNO2. The number of alkyl halides is 1. The van der Waals surface area contributed by atoms with E-state index in [-0.39, 0.29) is 13.0 Å². The van der Waals surface area contributed by atoms with Crippen molar-refractivity contribution in [1.29, 1.82) is 0 Å². The molecule has 0 unspecified atom stereocenters. The minimum Gasteiger partial charge on any atom is -0.462 e. The topological polar surface area (TPSA) is 52.3 Å². The molecule has 3 nitrogen and oxygen atoms in total. The number of carbonyl (C=O) groups is 1. The number of esters is 1. The molecule has 1 aromatic carbocycles. The summed E-state index contributed by atoms with van der Waals surface area (Å²) in [6.45, 7) is -0.381. The molecule has 1 aromatic rings. The zero-order valence-electron chi connectivity index (χ0n) is 7.70. The molecule has 14 heavy (non-hydrogen) atoms. The lowest BCUT2D eigenvalue weighted by Crippen LogP contribution is -2.07. The standard InChI is InChI=1S/C10H12FNO2/c11-5-2-6-14-10(13)8-3-1-4-9(12)7-8/h1,3-4,7H,2,5-6,12H2. The van der Waals surface area contributed by atoms with Gasteiger partial charge in [0.1, 0.15) is 0 Å². The van der Waals surface area contributed by atoms with Crippen LogP contribution in [0.1, 0.15) is 16.8 Å². The lowest BCUT2D eigenvalue weighted by molar-refractivity contribution is 0.0494. The fourth-order valence-electron chi connectivity index (χ4n) is 0.968. The number of rotatable bonds is 4. The summed E-state index contributed by atoms with van der Waals surface area (Å²) in [5, 5.41) is 0. The van der Waals surface area contributed by atoms with Crippen LogP contribution in [0.4, 0.5) is 10.1 Å². The van der Waals surface area contributed by atoms with Crippen LogP contribution < -0.4 is 5.73 Å². The Morgan fingerprint density at radius 3 is 2.93 bits per heavy atom. The van der Waals surface area contributed by atoms with E-state index in [1.807, 2.05) is 0 Å². The highest BCUT2D eigenvalue weighted by Gasteiger charge is 2.06. The number of halogens is 1. The van der Waals surface area contributed by atoms with E-state index in [2.05, 4.69) is 0 Å². The molecule has 2 N–H and O–H groups in total. The highest BCUT2D eigenvalue weighted by Crippen LogP contribution is 2.07. The molecule has 0 fully saturated rings. The smallest absolute Gasteiger partial charge is 0.338 e. The first kappa shape index (κ1) is 10.5. The van der Waals surface area contributed by atoms with E-state index in [4.69, 9.17) is 10.5 Å². The molecular weight excluding hydrogens is 185 g/mol. The number of anilines is 1. The van der Waals surface area contributed by atoms with Crippen molar-refractivity contribution in [2.75, 3.05) is 19.0 Å². The van der Waals surface area contributed by atoms with Crippen LogP contribution in [-0.2, 0) is 4.74 Å². The van der Waals surface area contributed by atoms with E-state index in [0.717, 1.165) is 0 Å². The monoisotopic (exact) mass is 197 g/mol. The zero-order chi connectivity index (χ0) is 10.4. The molecule has 0 aliphatic heterocycles. The highest BCUT2D eigenvalue weighted by molar-refractivity contribution is 5.90. The molecule has 0 saturated heterocycles. The predicted molar refractivity (Wildman–Crippen MR) is 51.7 cm³/mol. The first-order chi connectivity index (χ1) is 6.74. The van der Waals surface area contributed by atoms with E-state index >= 15 is 0 Å². The van der Waals surface area contributed by atoms with Crippen LogP contribution >= 0.6 is 0 Å². The number of nitrogens with two attached hydrogens (primary N) is 1. The lowest BCUT2D eigenvalue weighted by Gasteiger charge is -2.03. The molecule has 0 bridgehead atoms. The van der Waals surface area contributed by atoms with Gasteiger partial charge in [-0.25, -0.2) is 4.79 Å². The second-order valence-electron chi connectivity index (χ2n) is 2.80. The molecule has 4 heteroatoms. The van der Waals surface area contributed by atoms with Crippen LogP contribution in [0.2, 0.25) is 0 Å². The fraction of sp³-hybridized carbons (Fsp3) is 0.300. The summed E-state index contributed by atoms with van der Waals surface area (Å²) in [4.78, 5) is 11.3. The fourth-order valence-corrected chi connectivity index (χ4v) is 0.968. The Morgan fingerprint density at radius 1 is 1.50 bits per heavy atom. The first-order valence-electron chi connectivity index (χ1n) is 4.32. The van der Waals surface area contributed by atoms with Gasteiger partial charge in [-0.15, -0.1) is 0 Å². The van der Waals surface area contributed by atoms with Gasteiger partial charge in [0, 0.05) is 12.1 Å². The van der Waals surface area contributed by atoms with Crippen LogP contribution in [0.25, 0.3) is 0 Å². The second kappa shape index (κ2) is 5.21. The summed E-state index contributed by atoms with van der Waals surface area (Å²) in [6.07, 6.45) is 0.230. The van der Waals surface area contributed by atoms with Crippen molar-refractivity contribution in [2.24, 2.45) is 0 Å². The van der Waals surface area contributed by atoms with Gasteiger partial charge in [-0.05, 0) is 18.2 Å². The third kappa shape index (κ3) is 3.05. The number of hydrogen-bond donors (Lipinski definition) is 1. The van der Waals surface area contributed by atoms with E-state index in [1.54, 1.807) is 18.2 Å². The molecule has 0 spiro atoms. The largest absolute Gasteiger partial charge is 0.462 e. The van der Waals surface area contributed by atoms with Crippen molar-refractivity contribution >= 4 is 11.7 Å². The van der Waals surface area contributed by atoms with Gasteiger partial charge < -0.3 is 10.5 Å². The van der Waals surface area contributed by atoms with Crippen LogP contribution in [0, 0.1) is 0 Å². The number of benzene rings is 1. The van der Waals surface area contributed by atoms with Crippen molar-refractivity contribution in [3.63, 3.8) is 0 Å². The summed E-state index contributed by atoms with van der Waals surface area (Å²) in [6, 6.07) is 6.48. The van der Waals surface area contributed by atoms with E-state index in [1.165, 1.54) is 6.07 Å². The van der Waals surface area contributed by atoms with Gasteiger partial charge in [0.15, 0.2) is 0 Å². The Balaban J connectivity index is 2.52. The maximum Gasteiger partial charge on any atom is 0.338 e. The predicted octanol–water partition coefficient (Wildman–Crippen LogP) is 1.79. The van der Waals surface area contributed by atoms with E-state index in [9.17, 15) is 9.18 Å². The Kier molecular flexibility index (Phi) is 3.91. The second-order valence-corrected chi connectivity index (χ2v) is 2.80. The minimum atomic E-state index is -0.482. The molecule has 76 valence electrons. The molecule has 0 amide bonds. The highest BCUT2D eigenvalue weighted by atomic mass is 19.1. The molecule has 0 aromatic heterocycles. The van der Waals surface area contributed by atoms with Crippen molar-refractivity contribution in [2.45, 2.75) is 6.42 Å². The summed E-state index contributed by atoms with van der Waals surface area (Å²) < 4.78 is 16.5. The quantitative estimate of drug-likeness (QED) is 0.454. The molecule has 0 aliphatic carbocycles. The molecule has 0 saturated carbocycles. The number of ether oxygens (including phenoxy) is 1. The summed E-state index contributed by atoms with van der Waals surface area (Å²) in [7, 11) is 0. The van der Waals surface area contributed by atoms with E-state index in [0.29, 0.717) is 11.3 Å². The molecule has 0 heterocycles. The van der Waals surface area contributed by atoms with Gasteiger partial charge in [0.25, 0.3) is 0 Å². The summed E-state index contributed by atoms with van der Waals surface area (Å²) >= 11 is 0. The first-order valence-corrected chi connectivity index (χ1v) is 4.32. The van der Waals surface area contributed by atoms with Gasteiger partial charge >= 0.3 is 5.97 Å². The molecule has 0 radical (unpaired) electrons.